The molecule has 5 nitrogen and oxygen atoms in total. The lowest BCUT2D eigenvalue weighted by Crippen LogP contribution is -2.44. The number of nitrogens with zero attached hydrogens (tertiary/aromatic N) is 1. The van der Waals surface area contributed by atoms with Crippen molar-refractivity contribution in [2.75, 3.05) is 18.8 Å². The molecule has 1 heterocycles. The Morgan fingerprint density at radius 2 is 1.83 bits per heavy atom. The second-order valence-electron chi connectivity index (χ2n) is 5.71. The van der Waals surface area contributed by atoms with Gasteiger partial charge in [0.2, 0.25) is 10.0 Å². The van der Waals surface area contributed by atoms with E-state index in [-0.39, 0.29) is 24.3 Å². The normalized spacial score (nSPS) is 35.6. The minimum Gasteiger partial charge on any atom is -0.392 e. The van der Waals surface area contributed by atoms with Gasteiger partial charge in [0, 0.05) is 19.1 Å². The third kappa shape index (κ3) is 3.66. The monoisotopic (exact) mass is 276 g/mol. The number of rotatable bonds is 3. The predicted molar refractivity (Wildman–Crippen MR) is 70.5 cm³/mol. The van der Waals surface area contributed by atoms with E-state index in [9.17, 15) is 13.5 Å². The number of piperidine rings is 1. The van der Waals surface area contributed by atoms with E-state index in [0.29, 0.717) is 13.0 Å². The van der Waals surface area contributed by atoms with Gasteiger partial charge in [0.15, 0.2) is 0 Å². The topological polar surface area (TPSA) is 83.6 Å². The molecule has 3 N–H and O–H groups in total. The van der Waals surface area contributed by atoms with Crippen LogP contribution in [0.3, 0.4) is 0 Å². The molecule has 2 fully saturated rings. The summed E-state index contributed by atoms with van der Waals surface area (Å²) in [5, 5.41) is 9.56. The van der Waals surface area contributed by atoms with E-state index >= 15 is 0 Å². The highest BCUT2D eigenvalue weighted by molar-refractivity contribution is 7.89. The summed E-state index contributed by atoms with van der Waals surface area (Å²) in [6, 6.07) is 0.251. The molecule has 1 saturated carbocycles. The number of nitrogens with two attached hydrogens (primary N) is 1. The Kier molecular flexibility index (Phi) is 4.64. The van der Waals surface area contributed by atoms with E-state index < -0.39 is 16.1 Å². The summed E-state index contributed by atoms with van der Waals surface area (Å²) in [5.74, 6) is 0.473. The van der Waals surface area contributed by atoms with Crippen LogP contribution in [0.2, 0.25) is 0 Å². The highest BCUT2D eigenvalue weighted by atomic mass is 32.2. The number of β-amino-alcohol motifs (C(OH)–C–C–N with tert-alkyl or cyclic N) is 1. The average Bonchev–Trinajstić information content (AvgIpc) is 2.32. The molecule has 0 aromatic carbocycles. The molecule has 1 aliphatic heterocycles. The fourth-order valence-corrected chi connectivity index (χ4v) is 4.88. The average molecular weight is 276 g/mol. The number of aliphatic hydroxyl groups excluding tert-OH is 1. The molecule has 0 bridgehead atoms. The Balaban J connectivity index is 1.90. The fraction of sp³-hybridized carbons (Fsp3) is 1.00. The zero-order chi connectivity index (χ0) is 13.2. The molecule has 1 unspecified atom stereocenters. The maximum absolute atomic E-state index is 12.3. The SMILES string of the molecule is N[C@H]1CC[C@H](CS(=O)(=O)N2CCCC(O)C2)CC1. The zero-order valence-corrected chi connectivity index (χ0v) is 11.6. The van der Waals surface area contributed by atoms with Crippen LogP contribution in [0.5, 0.6) is 0 Å². The Hall–Kier alpha value is -0.170. The van der Waals surface area contributed by atoms with Crippen molar-refractivity contribution >= 4 is 10.0 Å². The zero-order valence-electron chi connectivity index (χ0n) is 10.8. The van der Waals surface area contributed by atoms with Crippen molar-refractivity contribution in [3.63, 3.8) is 0 Å². The van der Waals surface area contributed by atoms with Crippen LogP contribution in [-0.2, 0) is 10.0 Å². The van der Waals surface area contributed by atoms with Crippen molar-refractivity contribution in [3.05, 3.63) is 0 Å². The molecule has 2 rings (SSSR count). The quantitative estimate of drug-likeness (QED) is 0.776. The lowest BCUT2D eigenvalue weighted by atomic mass is 9.88. The van der Waals surface area contributed by atoms with E-state index in [1.54, 1.807) is 0 Å². The summed E-state index contributed by atoms with van der Waals surface area (Å²) >= 11 is 0. The van der Waals surface area contributed by atoms with E-state index in [2.05, 4.69) is 0 Å². The second-order valence-corrected chi connectivity index (χ2v) is 7.73. The van der Waals surface area contributed by atoms with E-state index in [1.807, 2.05) is 0 Å². The van der Waals surface area contributed by atoms with Gasteiger partial charge in [-0.15, -0.1) is 0 Å². The van der Waals surface area contributed by atoms with Crippen molar-refractivity contribution < 1.29 is 13.5 Å². The first-order valence-corrected chi connectivity index (χ1v) is 8.50. The molecule has 18 heavy (non-hydrogen) atoms. The molecule has 0 radical (unpaired) electrons. The van der Waals surface area contributed by atoms with E-state index in [0.717, 1.165) is 32.1 Å². The Morgan fingerprint density at radius 1 is 1.17 bits per heavy atom. The van der Waals surface area contributed by atoms with Gasteiger partial charge in [-0.2, -0.15) is 4.31 Å². The van der Waals surface area contributed by atoms with Gasteiger partial charge in [-0.25, -0.2) is 8.42 Å². The highest BCUT2D eigenvalue weighted by Crippen LogP contribution is 2.26. The van der Waals surface area contributed by atoms with Crippen LogP contribution in [0, 0.1) is 5.92 Å². The van der Waals surface area contributed by atoms with Gasteiger partial charge in [-0.05, 0) is 44.4 Å². The number of sulfonamides is 1. The summed E-state index contributed by atoms with van der Waals surface area (Å²) in [5.41, 5.74) is 5.83. The minimum absolute atomic E-state index is 0.229. The summed E-state index contributed by atoms with van der Waals surface area (Å²) in [6.45, 7) is 0.834. The molecule has 6 heteroatoms. The van der Waals surface area contributed by atoms with Crippen LogP contribution in [0.1, 0.15) is 38.5 Å². The maximum atomic E-state index is 12.3. The Morgan fingerprint density at radius 3 is 2.44 bits per heavy atom. The van der Waals surface area contributed by atoms with E-state index in [4.69, 9.17) is 5.73 Å². The van der Waals surface area contributed by atoms with Gasteiger partial charge in [0.05, 0.1) is 11.9 Å². The molecular formula is C12H24N2O3S. The molecule has 1 aliphatic carbocycles. The van der Waals surface area contributed by atoms with Crippen molar-refractivity contribution in [1.82, 2.24) is 4.31 Å². The Bertz CT molecular complexity index is 364. The molecule has 1 atom stereocenters. The Labute approximate surface area is 109 Å². The first kappa shape index (κ1) is 14.2. The van der Waals surface area contributed by atoms with Gasteiger partial charge in [0.1, 0.15) is 0 Å². The van der Waals surface area contributed by atoms with Gasteiger partial charge in [-0.1, -0.05) is 0 Å². The lowest BCUT2D eigenvalue weighted by molar-refractivity contribution is 0.107. The van der Waals surface area contributed by atoms with Crippen LogP contribution in [0.4, 0.5) is 0 Å². The molecule has 0 spiro atoms. The van der Waals surface area contributed by atoms with E-state index in [1.165, 1.54) is 4.31 Å². The number of aliphatic hydroxyl groups is 1. The smallest absolute Gasteiger partial charge is 0.214 e. The summed E-state index contributed by atoms with van der Waals surface area (Å²) < 4.78 is 26.0. The summed E-state index contributed by atoms with van der Waals surface area (Å²) in [4.78, 5) is 0. The van der Waals surface area contributed by atoms with Crippen LogP contribution < -0.4 is 5.73 Å². The molecule has 106 valence electrons. The first-order valence-electron chi connectivity index (χ1n) is 6.89. The molecule has 0 aromatic heterocycles. The van der Waals surface area contributed by atoms with Crippen molar-refractivity contribution in [3.8, 4) is 0 Å². The third-order valence-electron chi connectivity index (χ3n) is 4.09. The summed E-state index contributed by atoms with van der Waals surface area (Å²) in [6.07, 6.45) is 4.67. The van der Waals surface area contributed by atoms with Crippen molar-refractivity contribution in [2.45, 2.75) is 50.7 Å². The molecule has 2 aliphatic rings. The fourth-order valence-electron chi connectivity index (χ4n) is 2.93. The predicted octanol–water partition coefficient (Wildman–Crippen LogP) is 0.290. The van der Waals surface area contributed by atoms with Gasteiger partial charge in [0.25, 0.3) is 0 Å². The molecule has 0 aromatic rings. The van der Waals surface area contributed by atoms with Crippen LogP contribution in [-0.4, -0.2) is 48.8 Å². The first-order chi connectivity index (χ1) is 8.47. The number of hydrogen-bond donors (Lipinski definition) is 2. The lowest BCUT2D eigenvalue weighted by Gasteiger charge is -2.32. The third-order valence-corrected chi connectivity index (χ3v) is 6.10. The largest absolute Gasteiger partial charge is 0.392 e. The molecular weight excluding hydrogens is 252 g/mol. The van der Waals surface area contributed by atoms with Crippen LogP contribution in [0.25, 0.3) is 0 Å². The van der Waals surface area contributed by atoms with Gasteiger partial charge in [-0.3, -0.25) is 0 Å². The minimum atomic E-state index is -3.20. The number of hydrogen-bond acceptors (Lipinski definition) is 4. The summed E-state index contributed by atoms with van der Waals surface area (Å²) in [7, 11) is -3.20. The van der Waals surface area contributed by atoms with Gasteiger partial charge >= 0.3 is 0 Å². The molecule has 1 saturated heterocycles. The maximum Gasteiger partial charge on any atom is 0.214 e. The molecule has 0 amide bonds. The van der Waals surface area contributed by atoms with Crippen LogP contribution >= 0.6 is 0 Å². The highest BCUT2D eigenvalue weighted by Gasteiger charge is 2.31. The standard InChI is InChI=1S/C12H24N2O3S/c13-11-5-3-10(4-6-11)9-18(16,17)14-7-1-2-12(15)8-14/h10-12,15H,1-9,13H2/t10-,11-,12?. The van der Waals surface area contributed by atoms with Gasteiger partial charge < -0.3 is 10.8 Å². The van der Waals surface area contributed by atoms with Crippen LogP contribution in [0.15, 0.2) is 0 Å². The van der Waals surface area contributed by atoms with Crippen molar-refractivity contribution in [2.24, 2.45) is 11.7 Å². The van der Waals surface area contributed by atoms with Crippen molar-refractivity contribution in [1.29, 1.82) is 0 Å². The second kappa shape index (κ2) is 5.86.